The predicted octanol–water partition coefficient (Wildman–Crippen LogP) is 0.601. The molecular weight excluding hydrogens is 142 g/mol. The summed E-state index contributed by atoms with van der Waals surface area (Å²) in [5.74, 6) is 0.135. The van der Waals surface area contributed by atoms with Crippen molar-refractivity contribution >= 4 is 6.29 Å². The molecule has 2 aliphatic heterocycles. The summed E-state index contributed by atoms with van der Waals surface area (Å²) >= 11 is 0. The molecule has 2 saturated heterocycles. The molecule has 2 rings (SSSR count). The van der Waals surface area contributed by atoms with Crippen LogP contribution in [-0.2, 0) is 9.63 Å². The third-order valence-corrected chi connectivity index (χ3v) is 2.60. The first kappa shape index (κ1) is 7.25. The van der Waals surface area contributed by atoms with Crippen LogP contribution in [-0.4, -0.2) is 30.5 Å². The van der Waals surface area contributed by atoms with E-state index in [1.165, 1.54) is 12.8 Å². The maximum Gasteiger partial charge on any atom is 0.127 e. The van der Waals surface area contributed by atoms with Crippen molar-refractivity contribution in [1.82, 2.24) is 5.06 Å². The van der Waals surface area contributed by atoms with Crippen molar-refractivity contribution < 1.29 is 9.63 Å². The van der Waals surface area contributed by atoms with Crippen LogP contribution >= 0.6 is 0 Å². The fraction of sp³-hybridized carbons (Fsp3) is 0.875. The number of aldehydes is 1. The first-order valence-electron chi connectivity index (χ1n) is 4.26. The minimum Gasteiger partial charge on any atom is -0.303 e. The molecule has 0 unspecified atom stereocenters. The van der Waals surface area contributed by atoms with Crippen LogP contribution in [0.4, 0.5) is 0 Å². The van der Waals surface area contributed by atoms with Gasteiger partial charge in [-0.2, -0.15) is 5.06 Å². The van der Waals surface area contributed by atoms with E-state index in [9.17, 15) is 4.79 Å². The molecule has 0 bridgehead atoms. The Hall–Kier alpha value is -0.410. The Bertz CT molecular complexity index is 160. The van der Waals surface area contributed by atoms with Gasteiger partial charge in [0.2, 0.25) is 0 Å². The summed E-state index contributed by atoms with van der Waals surface area (Å²) in [5.41, 5.74) is 0. The molecule has 0 N–H and O–H groups in total. The van der Waals surface area contributed by atoms with Crippen LogP contribution in [0.25, 0.3) is 0 Å². The molecule has 3 nitrogen and oxygen atoms in total. The Morgan fingerprint density at radius 2 is 2.36 bits per heavy atom. The highest BCUT2D eigenvalue weighted by atomic mass is 16.7. The summed E-state index contributed by atoms with van der Waals surface area (Å²) in [6.45, 7) is 1.61. The van der Waals surface area contributed by atoms with Crippen LogP contribution in [0.15, 0.2) is 0 Å². The number of hydrogen-bond acceptors (Lipinski definition) is 3. The van der Waals surface area contributed by atoms with Crippen molar-refractivity contribution in [1.29, 1.82) is 0 Å². The van der Waals surface area contributed by atoms with Crippen molar-refractivity contribution in [2.45, 2.75) is 25.3 Å². The summed E-state index contributed by atoms with van der Waals surface area (Å²) in [7, 11) is 0. The van der Waals surface area contributed by atoms with Gasteiger partial charge in [-0.3, -0.25) is 4.84 Å². The number of carbonyl (C=O) groups excluding carboxylic acids is 1. The molecule has 2 heterocycles. The topological polar surface area (TPSA) is 29.5 Å². The average molecular weight is 155 g/mol. The fourth-order valence-electron chi connectivity index (χ4n) is 1.94. The molecule has 0 saturated carbocycles. The number of hydroxylamine groups is 2. The molecule has 2 fully saturated rings. The van der Waals surface area contributed by atoms with Gasteiger partial charge in [0.1, 0.15) is 6.29 Å². The number of carbonyl (C=O) groups is 1. The van der Waals surface area contributed by atoms with Gasteiger partial charge >= 0.3 is 0 Å². The number of piperidine rings is 1. The molecule has 62 valence electrons. The van der Waals surface area contributed by atoms with Crippen LogP contribution < -0.4 is 0 Å². The van der Waals surface area contributed by atoms with E-state index >= 15 is 0 Å². The second-order valence-corrected chi connectivity index (χ2v) is 3.30. The van der Waals surface area contributed by atoms with Crippen molar-refractivity contribution in [2.24, 2.45) is 5.92 Å². The lowest BCUT2D eigenvalue weighted by Gasteiger charge is -2.28. The second kappa shape index (κ2) is 2.91. The number of nitrogens with zero attached hydrogens (tertiary/aromatic N) is 1. The van der Waals surface area contributed by atoms with Gasteiger partial charge in [-0.15, -0.1) is 0 Å². The van der Waals surface area contributed by atoms with E-state index in [2.05, 4.69) is 0 Å². The van der Waals surface area contributed by atoms with Gasteiger partial charge in [-0.1, -0.05) is 6.42 Å². The summed E-state index contributed by atoms with van der Waals surface area (Å²) in [5, 5.41) is 1.99. The highest BCUT2D eigenvalue weighted by Crippen LogP contribution is 2.28. The van der Waals surface area contributed by atoms with Crippen LogP contribution in [0.3, 0.4) is 0 Å². The van der Waals surface area contributed by atoms with Crippen molar-refractivity contribution in [2.75, 3.05) is 13.2 Å². The Balaban J connectivity index is 2.03. The van der Waals surface area contributed by atoms with E-state index in [0.717, 1.165) is 19.3 Å². The number of fused-ring (bicyclic) bond motifs is 1. The third-order valence-electron chi connectivity index (χ3n) is 2.60. The molecule has 0 aromatic rings. The molecule has 0 spiro atoms. The molecule has 0 aliphatic carbocycles. The van der Waals surface area contributed by atoms with Gasteiger partial charge in [0.15, 0.2) is 0 Å². The SMILES string of the molecule is O=C[C@H]1CON2CCCC[C@H]12. The van der Waals surface area contributed by atoms with E-state index in [-0.39, 0.29) is 5.92 Å². The lowest BCUT2D eigenvalue weighted by molar-refractivity contribution is -0.142. The lowest BCUT2D eigenvalue weighted by Crippen LogP contribution is -2.36. The monoisotopic (exact) mass is 155 g/mol. The molecule has 3 heteroatoms. The third kappa shape index (κ3) is 1.19. The van der Waals surface area contributed by atoms with Gasteiger partial charge in [0.25, 0.3) is 0 Å². The smallest absolute Gasteiger partial charge is 0.127 e. The van der Waals surface area contributed by atoms with E-state index in [1.807, 2.05) is 5.06 Å². The van der Waals surface area contributed by atoms with Crippen LogP contribution in [0.5, 0.6) is 0 Å². The molecule has 0 aromatic heterocycles. The van der Waals surface area contributed by atoms with E-state index < -0.39 is 0 Å². The van der Waals surface area contributed by atoms with Crippen molar-refractivity contribution in [3.05, 3.63) is 0 Å². The van der Waals surface area contributed by atoms with Crippen LogP contribution in [0.2, 0.25) is 0 Å². The van der Waals surface area contributed by atoms with Gasteiger partial charge in [0.05, 0.1) is 12.5 Å². The average Bonchev–Trinajstić information content (AvgIpc) is 2.47. The van der Waals surface area contributed by atoms with E-state index in [4.69, 9.17) is 4.84 Å². The molecular formula is C8H13NO2. The Labute approximate surface area is 66.3 Å². The standard InChI is InChI=1S/C8H13NO2/c10-5-7-6-11-9-4-2-1-3-8(7)9/h5,7-8H,1-4,6H2/t7-,8+/m0/s1. The molecule has 2 aliphatic rings. The first-order chi connectivity index (χ1) is 5.42. The minimum atomic E-state index is 0.135. The zero-order valence-corrected chi connectivity index (χ0v) is 6.53. The fourth-order valence-corrected chi connectivity index (χ4v) is 1.94. The zero-order valence-electron chi connectivity index (χ0n) is 6.53. The van der Waals surface area contributed by atoms with Gasteiger partial charge in [-0.05, 0) is 12.8 Å². The number of rotatable bonds is 1. The lowest BCUT2D eigenvalue weighted by atomic mass is 9.95. The largest absolute Gasteiger partial charge is 0.303 e. The predicted molar refractivity (Wildman–Crippen MR) is 39.9 cm³/mol. The van der Waals surface area contributed by atoms with Gasteiger partial charge < -0.3 is 4.79 Å². The maximum atomic E-state index is 10.6. The second-order valence-electron chi connectivity index (χ2n) is 3.30. The quantitative estimate of drug-likeness (QED) is 0.519. The Morgan fingerprint density at radius 3 is 3.18 bits per heavy atom. The van der Waals surface area contributed by atoms with Gasteiger partial charge in [-0.25, -0.2) is 0 Å². The normalized spacial score (nSPS) is 38.5. The zero-order chi connectivity index (χ0) is 7.68. The van der Waals surface area contributed by atoms with Crippen LogP contribution in [0.1, 0.15) is 19.3 Å². The summed E-state index contributed by atoms with van der Waals surface area (Å²) < 4.78 is 0. The van der Waals surface area contributed by atoms with Gasteiger partial charge in [0, 0.05) is 12.6 Å². The molecule has 2 atom stereocenters. The summed E-state index contributed by atoms with van der Waals surface area (Å²) in [4.78, 5) is 15.9. The van der Waals surface area contributed by atoms with E-state index in [0.29, 0.717) is 12.6 Å². The minimum absolute atomic E-state index is 0.135. The number of hydrogen-bond donors (Lipinski definition) is 0. The van der Waals surface area contributed by atoms with Crippen molar-refractivity contribution in [3.8, 4) is 0 Å². The maximum absolute atomic E-state index is 10.6. The Kier molecular flexibility index (Phi) is 1.92. The first-order valence-corrected chi connectivity index (χ1v) is 4.26. The highest BCUT2D eigenvalue weighted by molar-refractivity contribution is 5.55. The van der Waals surface area contributed by atoms with Crippen LogP contribution in [0, 0.1) is 5.92 Å². The molecule has 0 amide bonds. The van der Waals surface area contributed by atoms with E-state index in [1.54, 1.807) is 0 Å². The van der Waals surface area contributed by atoms with Crippen molar-refractivity contribution in [3.63, 3.8) is 0 Å². The molecule has 0 radical (unpaired) electrons. The molecule has 0 aromatic carbocycles. The highest BCUT2D eigenvalue weighted by Gasteiger charge is 2.36. The Morgan fingerprint density at radius 1 is 1.45 bits per heavy atom. The molecule has 11 heavy (non-hydrogen) atoms. The summed E-state index contributed by atoms with van der Waals surface area (Å²) in [6.07, 6.45) is 4.62. The summed E-state index contributed by atoms with van der Waals surface area (Å²) in [6, 6.07) is 0.390.